The van der Waals surface area contributed by atoms with Gasteiger partial charge in [0.25, 0.3) is 0 Å². The molecule has 2 atom stereocenters. The third-order valence-electron chi connectivity index (χ3n) is 5.46. The number of carbonyl (C=O) groups excluding carboxylic acids is 3. The van der Waals surface area contributed by atoms with Crippen molar-refractivity contribution in [2.75, 3.05) is 31.6 Å². The van der Waals surface area contributed by atoms with Gasteiger partial charge in [0.15, 0.2) is 0 Å². The van der Waals surface area contributed by atoms with Crippen LogP contribution in [0.25, 0.3) is 0 Å². The molecule has 2 heterocycles. The number of anilines is 1. The maximum atomic E-state index is 13.0. The molecule has 2 unspecified atom stereocenters. The minimum absolute atomic E-state index is 0.00728. The van der Waals surface area contributed by atoms with Crippen molar-refractivity contribution < 1.29 is 19.1 Å². The van der Waals surface area contributed by atoms with Crippen LogP contribution in [0, 0.1) is 11.8 Å². The van der Waals surface area contributed by atoms with Gasteiger partial charge in [-0.05, 0) is 37.1 Å². The Hall–Kier alpha value is -2.57. The highest BCUT2D eigenvalue weighted by Crippen LogP contribution is 2.28. The monoisotopic (exact) mass is 387 g/mol. The molecule has 0 aliphatic carbocycles. The normalized spacial score (nSPS) is 22.5. The van der Waals surface area contributed by atoms with E-state index in [2.05, 4.69) is 5.32 Å². The van der Waals surface area contributed by atoms with Crippen LogP contribution in [0.1, 0.15) is 33.1 Å². The van der Waals surface area contributed by atoms with Gasteiger partial charge in [0.1, 0.15) is 5.75 Å². The van der Waals surface area contributed by atoms with Crippen molar-refractivity contribution in [1.82, 2.24) is 10.2 Å². The van der Waals surface area contributed by atoms with Crippen molar-refractivity contribution in [2.24, 2.45) is 11.8 Å². The second-order valence-electron chi connectivity index (χ2n) is 7.89. The SMILES string of the molecule is COc1ccc(N2CC(C(=O)N3CCCC(NC(=O)C(C)C)C3)CC2=O)cc1. The number of methoxy groups -OCH3 is 1. The summed E-state index contributed by atoms with van der Waals surface area (Å²) in [6, 6.07) is 7.28. The number of carbonyl (C=O) groups is 3. The van der Waals surface area contributed by atoms with E-state index in [1.807, 2.05) is 43.0 Å². The molecule has 7 heteroatoms. The van der Waals surface area contributed by atoms with Crippen molar-refractivity contribution in [2.45, 2.75) is 39.2 Å². The molecule has 2 aliphatic rings. The zero-order chi connectivity index (χ0) is 20.3. The molecule has 0 aromatic heterocycles. The minimum atomic E-state index is -0.339. The van der Waals surface area contributed by atoms with Crippen molar-refractivity contribution in [3.05, 3.63) is 24.3 Å². The van der Waals surface area contributed by atoms with Gasteiger partial charge in [-0.1, -0.05) is 13.8 Å². The Balaban J connectivity index is 1.61. The number of rotatable bonds is 5. The van der Waals surface area contributed by atoms with E-state index in [1.54, 1.807) is 12.0 Å². The maximum Gasteiger partial charge on any atom is 0.228 e. The first-order valence-electron chi connectivity index (χ1n) is 9.92. The van der Waals surface area contributed by atoms with Crippen LogP contribution in [0.5, 0.6) is 5.75 Å². The van der Waals surface area contributed by atoms with Crippen LogP contribution in [0.15, 0.2) is 24.3 Å². The molecular formula is C21H29N3O4. The third-order valence-corrected chi connectivity index (χ3v) is 5.46. The summed E-state index contributed by atoms with van der Waals surface area (Å²) in [5.41, 5.74) is 0.779. The van der Waals surface area contributed by atoms with Gasteiger partial charge in [-0.2, -0.15) is 0 Å². The maximum absolute atomic E-state index is 13.0. The summed E-state index contributed by atoms with van der Waals surface area (Å²) in [6.45, 7) is 5.31. The van der Waals surface area contributed by atoms with E-state index in [9.17, 15) is 14.4 Å². The highest BCUT2D eigenvalue weighted by Gasteiger charge is 2.38. The fraction of sp³-hybridized carbons (Fsp3) is 0.571. The van der Waals surface area contributed by atoms with Gasteiger partial charge in [0.2, 0.25) is 17.7 Å². The third kappa shape index (κ3) is 4.46. The second kappa shape index (κ2) is 8.63. The van der Waals surface area contributed by atoms with Crippen molar-refractivity contribution in [3.8, 4) is 5.75 Å². The molecule has 2 fully saturated rings. The first-order valence-corrected chi connectivity index (χ1v) is 9.92. The molecule has 1 N–H and O–H groups in total. The Kier molecular flexibility index (Phi) is 6.21. The average Bonchev–Trinajstić information content (AvgIpc) is 3.09. The molecular weight excluding hydrogens is 358 g/mol. The van der Waals surface area contributed by atoms with Gasteiger partial charge in [-0.3, -0.25) is 14.4 Å². The molecule has 152 valence electrons. The zero-order valence-corrected chi connectivity index (χ0v) is 16.8. The quantitative estimate of drug-likeness (QED) is 0.836. The van der Waals surface area contributed by atoms with E-state index in [-0.39, 0.29) is 42.0 Å². The zero-order valence-electron chi connectivity index (χ0n) is 16.8. The summed E-state index contributed by atoms with van der Waals surface area (Å²) in [6.07, 6.45) is 1.96. The van der Waals surface area contributed by atoms with Gasteiger partial charge in [-0.15, -0.1) is 0 Å². The van der Waals surface area contributed by atoms with Crippen LogP contribution in [-0.2, 0) is 14.4 Å². The van der Waals surface area contributed by atoms with Crippen LogP contribution in [0.2, 0.25) is 0 Å². The lowest BCUT2D eigenvalue weighted by Crippen LogP contribution is -2.51. The number of likely N-dealkylation sites (tertiary alicyclic amines) is 1. The van der Waals surface area contributed by atoms with Crippen LogP contribution < -0.4 is 15.0 Å². The number of nitrogens with one attached hydrogen (secondary N) is 1. The highest BCUT2D eigenvalue weighted by atomic mass is 16.5. The summed E-state index contributed by atoms with van der Waals surface area (Å²) < 4.78 is 5.16. The van der Waals surface area contributed by atoms with E-state index < -0.39 is 0 Å². The lowest BCUT2D eigenvalue weighted by atomic mass is 10.0. The lowest BCUT2D eigenvalue weighted by molar-refractivity contribution is -0.138. The topological polar surface area (TPSA) is 79.0 Å². The standard InChI is InChI=1S/C21H29N3O4/c1-14(2)20(26)22-16-5-4-10-23(13-16)21(27)15-11-19(25)24(12-15)17-6-8-18(28-3)9-7-17/h6-9,14-16H,4-5,10-13H2,1-3H3,(H,22,26). The second-order valence-corrected chi connectivity index (χ2v) is 7.89. The molecule has 0 bridgehead atoms. The predicted molar refractivity (Wildman–Crippen MR) is 106 cm³/mol. The number of hydrogen-bond acceptors (Lipinski definition) is 4. The highest BCUT2D eigenvalue weighted by molar-refractivity contribution is 6.00. The summed E-state index contributed by atoms with van der Waals surface area (Å²) >= 11 is 0. The molecule has 28 heavy (non-hydrogen) atoms. The number of hydrogen-bond donors (Lipinski definition) is 1. The first-order chi connectivity index (χ1) is 13.4. The number of amides is 3. The summed E-state index contributed by atoms with van der Waals surface area (Å²) in [7, 11) is 1.60. The van der Waals surface area contributed by atoms with E-state index in [1.165, 1.54) is 0 Å². The van der Waals surface area contributed by atoms with Crippen LogP contribution in [0.3, 0.4) is 0 Å². The molecule has 2 aliphatic heterocycles. The van der Waals surface area contributed by atoms with Gasteiger partial charge in [0.05, 0.1) is 13.0 Å². The average molecular weight is 387 g/mol. The fourth-order valence-electron chi connectivity index (χ4n) is 3.81. The molecule has 2 saturated heterocycles. The Morgan fingerprint density at radius 2 is 1.89 bits per heavy atom. The number of nitrogens with zero attached hydrogens (tertiary/aromatic N) is 2. The van der Waals surface area contributed by atoms with E-state index >= 15 is 0 Å². The Bertz CT molecular complexity index is 732. The number of benzene rings is 1. The Morgan fingerprint density at radius 3 is 2.54 bits per heavy atom. The molecule has 3 rings (SSSR count). The molecule has 7 nitrogen and oxygen atoms in total. The van der Waals surface area contributed by atoms with Gasteiger partial charge < -0.3 is 19.9 Å². The van der Waals surface area contributed by atoms with Crippen molar-refractivity contribution in [1.29, 1.82) is 0 Å². The van der Waals surface area contributed by atoms with Crippen LogP contribution in [0.4, 0.5) is 5.69 Å². The molecule has 0 radical (unpaired) electrons. The predicted octanol–water partition coefficient (Wildman–Crippen LogP) is 1.81. The molecule has 3 amide bonds. The van der Waals surface area contributed by atoms with Crippen molar-refractivity contribution >= 4 is 23.4 Å². The van der Waals surface area contributed by atoms with Crippen molar-refractivity contribution in [3.63, 3.8) is 0 Å². The summed E-state index contributed by atoms with van der Waals surface area (Å²) in [5.74, 6) is 0.302. The van der Waals surface area contributed by atoms with Gasteiger partial charge in [0, 0.05) is 43.7 Å². The van der Waals surface area contributed by atoms with E-state index in [4.69, 9.17) is 4.74 Å². The van der Waals surface area contributed by atoms with Gasteiger partial charge in [-0.25, -0.2) is 0 Å². The van der Waals surface area contributed by atoms with E-state index in [0.29, 0.717) is 19.6 Å². The smallest absolute Gasteiger partial charge is 0.228 e. The molecule has 0 spiro atoms. The largest absolute Gasteiger partial charge is 0.497 e. The number of piperidine rings is 1. The van der Waals surface area contributed by atoms with Gasteiger partial charge >= 0.3 is 0 Å². The summed E-state index contributed by atoms with van der Waals surface area (Å²) in [4.78, 5) is 40.9. The molecule has 1 aromatic rings. The Morgan fingerprint density at radius 1 is 1.18 bits per heavy atom. The molecule has 1 aromatic carbocycles. The van der Waals surface area contributed by atoms with Crippen LogP contribution in [-0.4, -0.2) is 55.4 Å². The number of ether oxygens (including phenoxy) is 1. The van der Waals surface area contributed by atoms with Crippen LogP contribution >= 0.6 is 0 Å². The Labute approximate surface area is 166 Å². The fourth-order valence-corrected chi connectivity index (χ4v) is 3.81. The summed E-state index contributed by atoms with van der Waals surface area (Å²) in [5, 5.41) is 3.03. The first kappa shape index (κ1) is 20.2. The van der Waals surface area contributed by atoms with E-state index in [0.717, 1.165) is 24.3 Å². The minimum Gasteiger partial charge on any atom is -0.497 e. The lowest BCUT2D eigenvalue weighted by Gasteiger charge is -2.34. The molecule has 0 saturated carbocycles.